The average Bonchev–Trinajstić information content (AvgIpc) is 2.86. The number of likely N-dealkylation sites (tertiary alicyclic amines) is 2. The summed E-state index contributed by atoms with van der Waals surface area (Å²) in [6, 6.07) is 1.21. The molecule has 0 radical (unpaired) electrons. The lowest BCUT2D eigenvalue weighted by Crippen LogP contribution is -2.46. The van der Waals surface area contributed by atoms with E-state index in [1.165, 1.54) is 4.90 Å². The molecular weight excluding hydrogens is 556 g/mol. The first-order chi connectivity index (χ1) is 17.9. The molecule has 0 spiro atoms. The second kappa shape index (κ2) is 13.4. The molecule has 11 heteroatoms. The standard InChI is InChI=1S/C27H39BrN4O6/c1-27(2,3)38-24(34)14-22(20-13-21(28)16-29-15-20)30-25(35)19-5-4-10-32(17-19)23(33)7-6-18-8-11-31(12-9-18)26(36)37/h13,15-16,18-19,22H,4-12,14,17H2,1-3H3,(H,30,35)(H,36,37)/t19-,22?/m1/s1. The van der Waals surface area contributed by atoms with E-state index in [0.29, 0.717) is 50.5 Å². The van der Waals surface area contributed by atoms with Gasteiger partial charge >= 0.3 is 12.1 Å². The molecule has 210 valence electrons. The Labute approximate surface area is 232 Å². The number of ether oxygens (including phenoxy) is 1. The van der Waals surface area contributed by atoms with Gasteiger partial charge in [-0.3, -0.25) is 19.4 Å². The van der Waals surface area contributed by atoms with Gasteiger partial charge in [-0.15, -0.1) is 0 Å². The minimum Gasteiger partial charge on any atom is -0.465 e. The van der Waals surface area contributed by atoms with Gasteiger partial charge in [0.15, 0.2) is 0 Å². The van der Waals surface area contributed by atoms with Gasteiger partial charge in [-0.25, -0.2) is 4.79 Å². The molecular formula is C27H39BrN4O6. The van der Waals surface area contributed by atoms with E-state index in [1.807, 2.05) is 6.07 Å². The molecule has 2 fully saturated rings. The zero-order valence-electron chi connectivity index (χ0n) is 22.5. The smallest absolute Gasteiger partial charge is 0.407 e. The van der Waals surface area contributed by atoms with Gasteiger partial charge in [-0.2, -0.15) is 0 Å². The molecule has 1 unspecified atom stereocenters. The normalized spacial score (nSPS) is 19.5. The van der Waals surface area contributed by atoms with Crippen molar-refractivity contribution in [2.75, 3.05) is 26.2 Å². The second-order valence-electron chi connectivity index (χ2n) is 11.2. The summed E-state index contributed by atoms with van der Waals surface area (Å²) in [6.45, 7) is 7.38. The number of hydrogen-bond acceptors (Lipinski definition) is 6. The fraction of sp³-hybridized carbons (Fsp3) is 0.667. The molecule has 2 aliphatic rings. The number of rotatable bonds is 8. The third kappa shape index (κ3) is 9.25. The second-order valence-corrected chi connectivity index (χ2v) is 12.1. The first-order valence-electron chi connectivity index (χ1n) is 13.3. The number of nitrogens with one attached hydrogen (secondary N) is 1. The van der Waals surface area contributed by atoms with E-state index in [2.05, 4.69) is 26.2 Å². The molecule has 0 aliphatic carbocycles. The Morgan fingerprint density at radius 2 is 1.84 bits per heavy atom. The molecule has 1 aromatic heterocycles. The molecule has 2 atom stereocenters. The molecule has 10 nitrogen and oxygen atoms in total. The Morgan fingerprint density at radius 3 is 2.47 bits per heavy atom. The van der Waals surface area contributed by atoms with E-state index in [1.54, 1.807) is 38.1 Å². The van der Waals surface area contributed by atoms with Gasteiger partial charge in [0.2, 0.25) is 11.8 Å². The zero-order valence-corrected chi connectivity index (χ0v) is 24.0. The molecule has 2 N–H and O–H groups in total. The maximum Gasteiger partial charge on any atom is 0.407 e. The van der Waals surface area contributed by atoms with Crippen LogP contribution in [-0.4, -0.2) is 75.5 Å². The van der Waals surface area contributed by atoms with Gasteiger partial charge in [-0.1, -0.05) is 0 Å². The van der Waals surface area contributed by atoms with E-state index in [9.17, 15) is 19.2 Å². The van der Waals surface area contributed by atoms with E-state index in [-0.39, 0.29) is 24.2 Å². The highest BCUT2D eigenvalue weighted by Crippen LogP contribution is 2.26. The molecule has 0 bridgehead atoms. The quantitative estimate of drug-likeness (QED) is 0.432. The van der Waals surface area contributed by atoms with Crippen LogP contribution in [0.25, 0.3) is 0 Å². The minimum atomic E-state index is -0.887. The predicted octanol–water partition coefficient (Wildman–Crippen LogP) is 4.14. The van der Waals surface area contributed by atoms with Crippen LogP contribution >= 0.6 is 15.9 Å². The monoisotopic (exact) mass is 594 g/mol. The van der Waals surface area contributed by atoms with E-state index < -0.39 is 23.7 Å². The van der Waals surface area contributed by atoms with Crippen molar-refractivity contribution in [1.29, 1.82) is 0 Å². The number of piperidine rings is 2. The number of aromatic nitrogens is 1. The number of carbonyl (C=O) groups excluding carboxylic acids is 3. The number of nitrogens with zero attached hydrogens (tertiary/aromatic N) is 3. The summed E-state index contributed by atoms with van der Waals surface area (Å²) in [5.74, 6) is -0.613. The van der Waals surface area contributed by atoms with Crippen LogP contribution < -0.4 is 5.32 Å². The Morgan fingerprint density at radius 1 is 1.13 bits per heavy atom. The summed E-state index contributed by atoms with van der Waals surface area (Å²) in [4.78, 5) is 57.3. The molecule has 3 amide bonds. The fourth-order valence-electron chi connectivity index (χ4n) is 5.03. The van der Waals surface area contributed by atoms with Crippen LogP contribution in [0, 0.1) is 11.8 Å². The van der Waals surface area contributed by atoms with Crippen molar-refractivity contribution in [1.82, 2.24) is 20.1 Å². The van der Waals surface area contributed by atoms with Gasteiger partial charge in [0, 0.05) is 49.5 Å². The molecule has 1 aromatic rings. The van der Waals surface area contributed by atoms with E-state index in [4.69, 9.17) is 9.84 Å². The SMILES string of the molecule is CC(C)(C)OC(=O)CC(NC(=O)[C@@H]1CCCN(C(=O)CCC2CCN(C(=O)O)CC2)C1)c1cncc(Br)c1. The van der Waals surface area contributed by atoms with Crippen molar-refractivity contribution < 1.29 is 29.0 Å². The van der Waals surface area contributed by atoms with Gasteiger partial charge in [0.1, 0.15) is 5.60 Å². The maximum atomic E-state index is 13.3. The molecule has 3 rings (SSSR count). The Hall–Kier alpha value is -2.69. The van der Waals surface area contributed by atoms with Gasteiger partial charge < -0.3 is 25.0 Å². The van der Waals surface area contributed by atoms with Crippen LogP contribution in [0.4, 0.5) is 4.79 Å². The van der Waals surface area contributed by atoms with Crippen LogP contribution in [0.3, 0.4) is 0 Å². The van der Waals surface area contributed by atoms with Crippen LogP contribution in [0.5, 0.6) is 0 Å². The molecule has 3 heterocycles. The Kier molecular flexibility index (Phi) is 10.5. The van der Waals surface area contributed by atoms with Crippen molar-refractivity contribution in [3.8, 4) is 0 Å². The van der Waals surface area contributed by atoms with E-state index >= 15 is 0 Å². The lowest BCUT2D eigenvalue weighted by molar-refractivity contribution is -0.155. The fourth-order valence-corrected chi connectivity index (χ4v) is 5.41. The maximum absolute atomic E-state index is 13.3. The van der Waals surface area contributed by atoms with Crippen LogP contribution in [-0.2, 0) is 19.1 Å². The molecule has 2 saturated heterocycles. The number of carbonyl (C=O) groups is 4. The third-order valence-corrected chi connectivity index (χ3v) is 7.47. The van der Waals surface area contributed by atoms with Crippen LogP contribution in [0.15, 0.2) is 22.9 Å². The molecule has 2 aliphatic heterocycles. The molecule has 0 saturated carbocycles. The summed E-state index contributed by atoms with van der Waals surface area (Å²) in [5.41, 5.74) is 0.0508. The van der Waals surface area contributed by atoms with Crippen molar-refractivity contribution in [3.63, 3.8) is 0 Å². The number of hydrogen-bond donors (Lipinski definition) is 2. The predicted molar refractivity (Wildman–Crippen MR) is 144 cm³/mol. The molecule has 38 heavy (non-hydrogen) atoms. The van der Waals surface area contributed by atoms with Gasteiger partial charge in [0.05, 0.1) is 18.4 Å². The lowest BCUT2D eigenvalue weighted by Gasteiger charge is -2.34. The van der Waals surface area contributed by atoms with Crippen molar-refractivity contribution >= 4 is 39.8 Å². The first kappa shape index (κ1) is 29.9. The van der Waals surface area contributed by atoms with Crippen molar-refractivity contribution in [3.05, 3.63) is 28.5 Å². The highest BCUT2D eigenvalue weighted by Gasteiger charge is 2.32. The van der Waals surface area contributed by atoms with Crippen LogP contribution in [0.2, 0.25) is 0 Å². The summed E-state index contributed by atoms with van der Waals surface area (Å²) in [6.07, 6.45) is 6.41. The minimum absolute atomic E-state index is 0.0306. The van der Waals surface area contributed by atoms with Gasteiger partial charge in [0.25, 0.3) is 0 Å². The topological polar surface area (TPSA) is 129 Å². The number of esters is 1. The summed E-state index contributed by atoms with van der Waals surface area (Å²) in [5, 5.41) is 12.1. The largest absolute Gasteiger partial charge is 0.465 e. The van der Waals surface area contributed by atoms with Crippen molar-refractivity contribution in [2.24, 2.45) is 11.8 Å². The van der Waals surface area contributed by atoms with Crippen molar-refractivity contribution in [2.45, 2.75) is 77.4 Å². The number of halogens is 1. The highest BCUT2D eigenvalue weighted by atomic mass is 79.9. The molecule has 0 aromatic carbocycles. The first-order valence-corrected chi connectivity index (χ1v) is 14.1. The number of pyridine rings is 1. The summed E-state index contributed by atoms with van der Waals surface area (Å²) in [7, 11) is 0. The number of carboxylic acid groups (broad SMARTS) is 1. The Bertz CT molecular complexity index is 1010. The van der Waals surface area contributed by atoms with Gasteiger partial charge in [-0.05, 0) is 86.4 Å². The zero-order chi connectivity index (χ0) is 27.9. The number of amides is 3. The average molecular weight is 596 g/mol. The van der Waals surface area contributed by atoms with E-state index in [0.717, 1.165) is 30.2 Å². The summed E-state index contributed by atoms with van der Waals surface area (Å²) >= 11 is 3.40. The van der Waals surface area contributed by atoms with Crippen LogP contribution in [0.1, 0.15) is 77.3 Å². The highest BCUT2D eigenvalue weighted by molar-refractivity contribution is 9.10. The third-order valence-electron chi connectivity index (χ3n) is 7.03. The lowest BCUT2D eigenvalue weighted by atomic mass is 9.91. The Balaban J connectivity index is 1.56. The summed E-state index contributed by atoms with van der Waals surface area (Å²) < 4.78 is 6.22.